The van der Waals surface area contributed by atoms with Crippen molar-refractivity contribution in [3.8, 4) is 6.07 Å². The van der Waals surface area contributed by atoms with E-state index in [4.69, 9.17) is 5.26 Å². The number of hydrogen-bond donors (Lipinski definition) is 1. The molecule has 0 aliphatic carbocycles. The molecule has 4 nitrogen and oxygen atoms in total. The van der Waals surface area contributed by atoms with Gasteiger partial charge in [0.1, 0.15) is 0 Å². The van der Waals surface area contributed by atoms with Gasteiger partial charge in [0.2, 0.25) is 0 Å². The van der Waals surface area contributed by atoms with Crippen LogP contribution >= 0.6 is 0 Å². The van der Waals surface area contributed by atoms with Gasteiger partial charge in [-0.1, -0.05) is 36.4 Å². The third-order valence-electron chi connectivity index (χ3n) is 2.94. The van der Waals surface area contributed by atoms with Gasteiger partial charge in [0, 0.05) is 11.6 Å². The molecule has 1 amide bonds. The lowest BCUT2D eigenvalue weighted by atomic mass is 9.98. The average Bonchev–Trinajstić information content (AvgIpc) is 2.35. The van der Waals surface area contributed by atoms with Gasteiger partial charge in [0.25, 0.3) is 0 Å². The molecule has 1 unspecified atom stereocenters. The molecule has 20 heavy (non-hydrogen) atoms. The van der Waals surface area contributed by atoms with Crippen molar-refractivity contribution in [1.29, 1.82) is 5.26 Å². The van der Waals surface area contributed by atoms with Crippen molar-refractivity contribution in [2.45, 2.75) is 38.8 Å². The standard InChI is InChI=1S/C16H20N2O2/c1-16(2,3)18(15(19)20)14(10-7-11-17)12-13-8-5-4-6-9-13/h4-10,14H,12H2,1-3H3,(H,19,20). The Morgan fingerprint density at radius 1 is 1.40 bits per heavy atom. The summed E-state index contributed by atoms with van der Waals surface area (Å²) in [7, 11) is 0. The van der Waals surface area contributed by atoms with Crippen LogP contribution in [-0.4, -0.2) is 27.7 Å². The highest BCUT2D eigenvalue weighted by molar-refractivity contribution is 5.67. The first kappa shape index (κ1) is 15.8. The average molecular weight is 272 g/mol. The Balaban J connectivity index is 3.08. The van der Waals surface area contributed by atoms with Crippen molar-refractivity contribution in [3.63, 3.8) is 0 Å². The molecule has 0 fully saturated rings. The summed E-state index contributed by atoms with van der Waals surface area (Å²) in [5.41, 5.74) is 0.501. The Morgan fingerprint density at radius 2 is 2.00 bits per heavy atom. The minimum Gasteiger partial charge on any atom is -0.465 e. The number of carbonyl (C=O) groups is 1. The Bertz CT molecular complexity index is 510. The molecule has 0 aliphatic rings. The number of rotatable bonds is 4. The van der Waals surface area contributed by atoms with E-state index in [1.165, 1.54) is 11.0 Å². The van der Waals surface area contributed by atoms with Crippen LogP contribution in [0.3, 0.4) is 0 Å². The molecule has 0 heterocycles. The number of nitriles is 1. The molecule has 0 aromatic heterocycles. The van der Waals surface area contributed by atoms with Crippen LogP contribution in [0.15, 0.2) is 42.5 Å². The molecular formula is C16H20N2O2. The largest absolute Gasteiger partial charge is 0.465 e. The van der Waals surface area contributed by atoms with Crippen LogP contribution in [0.5, 0.6) is 0 Å². The third kappa shape index (κ3) is 4.43. The molecule has 0 saturated heterocycles. The number of carboxylic acid groups (broad SMARTS) is 1. The number of amides is 1. The summed E-state index contributed by atoms with van der Waals surface area (Å²) in [5.74, 6) is 0. The van der Waals surface area contributed by atoms with Crippen LogP contribution in [0.25, 0.3) is 0 Å². The molecule has 1 aromatic rings. The molecule has 1 aromatic carbocycles. The highest BCUT2D eigenvalue weighted by Crippen LogP contribution is 2.21. The zero-order valence-electron chi connectivity index (χ0n) is 12.1. The fourth-order valence-corrected chi connectivity index (χ4v) is 2.18. The summed E-state index contributed by atoms with van der Waals surface area (Å²) in [4.78, 5) is 12.9. The number of hydrogen-bond acceptors (Lipinski definition) is 2. The zero-order chi connectivity index (χ0) is 15.2. The van der Waals surface area contributed by atoms with Gasteiger partial charge in [-0.05, 0) is 32.8 Å². The molecule has 4 heteroatoms. The normalized spacial score (nSPS) is 12.9. The van der Waals surface area contributed by atoms with Crippen LogP contribution in [0.4, 0.5) is 4.79 Å². The first-order valence-corrected chi connectivity index (χ1v) is 6.48. The quantitative estimate of drug-likeness (QED) is 0.854. The van der Waals surface area contributed by atoms with E-state index in [1.807, 2.05) is 57.2 Å². The second kappa shape index (κ2) is 6.76. The monoisotopic (exact) mass is 272 g/mol. The van der Waals surface area contributed by atoms with E-state index in [9.17, 15) is 9.90 Å². The van der Waals surface area contributed by atoms with E-state index in [2.05, 4.69) is 0 Å². The predicted molar refractivity (Wildman–Crippen MR) is 78.3 cm³/mol. The Labute approximate surface area is 119 Å². The van der Waals surface area contributed by atoms with Crippen LogP contribution in [-0.2, 0) is 6.42 Å². The van der Waals surface area contributed by atoms with Crippen molar-refractivity contribution in [3.05, 3.63) is 48.0 Å². The lowest BCUT2D eigenvalue weighted by Gasteiger charge is -2.38. The van der Waals surface area contributed by atoms with E-state index >= 15 is 0 Å². The van der Waals surface area contributed by atoms with Gasteiger partial charge in [0.05, 0.1) is 12.1 Å². The predicted octanol–water partition coefficient (Wildman–Crippen LogP) is 3.46. The lowest BCUT2D eigenvalue weighted by molar-refractivity contribution is 0.0832. The molecule has 0 spiro atoms. The molecule has 0 radical (unpaired) electrons. The van der Waals surface area contributed by atoms with Crippen molar-refractivity contribution >= 4 is 6.09 Å². The fraction of sp³-hybridized carbons (Fsp3) is 0.375. The van der Waals surface area contributed by atoms with E-state index in [1.54, 1.807) is 6.08 Å². The van der Waals surface area contributed by atoms with Crippen molar-refractivity contribution in [2.24, 2.45) is 0 Å². The maximum absolute atomic E-state index is 11.6. The molecular weight excluding hydrogens is 252 g/mol. The summed E-state index contributed by atoms with van der Waals surface area (Å²) in [6.07, 6.45) is 2.55. The second-order valence-corrected chi connectivity index (χ2v) is 5.57. The highest BCUT2D eigenvalue weighted by atomic mass is 16.4. The van der Waals surface area contributed by atoms with Gasteiger partial charge in [-0.15, -0.1) is 0 Å². The molecule has 1 rings (SSSR count). The van der Waals surface area contributed by atoms with Crippen LogP contribution in [0.1, 0.15) is 26.3 Å². The maximum Gasteiger partial charge on any atom is 0.408 e. The van der Waals surface area contributed by atoms with Gasteiger partial charge in [-0.25, -0.2) is 4.79 Å². The molecule has 0 bridgehead atoms. The third-order valence-corrected chi connectivity index (χ3v) is 2.94. The molecule has 1 atom stereocenters. The van der Waals surface area contributed by atoms with Crippen molar-refractivity contribution in [1.82, 2.24) is 4.90 Å². The van der Waals surface area contributed by atoms with Crippen LogP contribution < -0.4 is 0 Å². The molecule has 0 aliphatic heterocycles. The van der Waals surface area contributed by atoms with Gasteiger partial charge >= 0.3 is 6.09 Å². The van der Waals surface area contributed by atoms with E-state index in [0.717, 1.165) is 5.56 Å². The molecule has 106 valence electrons. The van der Waals surface area contributed by atoms with Crippen LogP contribution in [0.2, 0.25) is 0 Å². The minimum atomic E-state index is -0.985. The van der Waals surface area contributed by atoms with Crippen LogP contribution in [0, 0.1) is 11.3 Å². The topological polar surface area (TPSA) is 64.3 Å². The molecule has 1 N–H and O–H groups in total. The Morgan fingerprint density at radius 3 is 2.45 bits per heavy atom. The summed E-state index contributed by atoms with van der Waals surface area (Å²) < 4.78 is 0. The van der Waals surface area contributed by atoms with Crippen molar-refractivity contribution < 1.29 is 9.90 Å². The lowest BCUT2D eigenvalue weighted by Crippen LogP contribution is -2.51. The summed E-state index contributed by atoms with van der Waals surface area (Å²) >= 11 is 0. The fourth-order valence-electron chi connectivity index (χ4n) is 2.18. The SMILES string of the molecule is CC(C)(C)N(C(=O)O)C(C=CC#N)Cc1ccccc1. The van der Waals surface area contributed by atoms with Gasteiger partial charge in [0.15, 0.2) is 0 Å². The van der Waals surface area contributed by atoms with E-state index in [-0.39, 0.29) is 6.04 Å². The van der Waals surface area contributed by atoms with Gasteiger partial charge < -0.3 is 5.11 Å². The number of nitrogens with zero attached hydrogens (tertiary/aromatic N) is 2. The summed E-state index contributed by atoms with van der Waals surface area (Å²) in [6.45, 7) is 5.54. The first-order chi connectivity index (χ1) is 9.36. The Hall–Kier alpha value is -2.28. The first-order valence-electron chi connectivity index (χ1n) is 6.48. The summed E-state index contributed by atoms with van der Waals surface area (Å²) in [5, 5.41) is 18.2. The zero-order valence-corrected chi connectivity index (χ0v) is 12.1. The number of benzene rings is 1. The summed E-state index contributed by atoms with van der Waals surface area (Å²) in [6, 6.07) is 11.2. The van der Waals surface area contributed by atoms with Gasteiger partial charge in [-0.2, -0.15) is 5.26 Å². The highest BCUT2D eigenvalue weighted by Gasteiger charge is 2.31. The van der Waals surface area contributed by atoms with Gasteiger partial charge in [-0.3, -0.25) is 4.90 Å². The number of allylic oxidation sites excluding steroid dienone is 1. The van der Waals surface area contributed by atoms with E-state index < -0.39 is 11.6 Å². The van der Waals surface area contributed by atoms with E-state index in [0.29, 0.717) is 6.42 Å². The molecule has 0 saturated carbocycles. The van der Waals surface area contributed by atoms with Crippen molar-refractivity contribution in [2.75, 3.05) is 0 Å². The maximum atomic E-state index is 11.6. The minimum absolute atomic E-state index is 0.366. The smallest absolute Gasteiger partial charge is 0.408 e. The second-order valence-electron chi connectivity index (χ2n) is 5.57. The Kier molecular flexibility index (Phi) is 5.33.